The molecule has 102 valence electrons. The second kappa shape index (κ2) is 5.57. The Hall–Kier alpha value is -1.62. The average Bonchev–Trinajstić information content (AvgIpc) is 3.17. The van der Waals surface area contributed by atoms with Crippen LogP contribution in [0.3, 0.4) is 0 Å². The number of phenolic OH excluding ortho intramolecular Hbond substituents is 1. The molecule has 1 aromatic carbocycles. The van der Waals surface area contributed by atoms with E-state index in [1.54, 1.807) is 30.0 Å². The van der Waals surface area contributed by atoms with Crippen LogP contribution in [0.4, 0.5) is 0 Å². The molecule has 1 amide bonds. The van der Waals surface area contributed by atoms with Gasteiger partial charge in [0.15, 0.2) is 0 Å². The van der Waals surface area contributed by atoms with Crippen LogP contribution in [0.25, 0.3) is 0 Å². The van der Waals surface area contributed by atoms with E-state index in [-0.39, 0.29) is 17.7 Å². The molecule has 1 aromatic rings. The van der Waals surface area contributed by atoms with Crippen molar-refractivity contribution in [3.05, 3.63) is 29.3 Å². The molecule has 0 bridgehead atoms. The zero-order valence-electron chi connectivity index (χ0n) is 10.9. The van der Waals surface area contributed by atoms with Gasteiger partial charge < -0.3 is 15.7 Å². The van der Waals surface area contributed by atoms with E-state index in [0.29, 0.717) is 29.1 Å². The maximum atomic E-state index is 12.5. The number of hydrogen-bond donors (Lipinski definition) is 2. The molecule has 1 saturated carbocycles. The van der Waals surface area contributed by atoms with Gasteiger partial charge >= 0.3 is 0 Å². The molecule has 0 aliphatic heterocycles. The summed E-state index contributed by atoms with van der Waals surface area (Å²) in [6, 6.07) is 5.48. The standard InChI is InChI=1S/C14H18N2O2S/c1-9-3-2-4-11(13(9)17)14(18)16(10-5-6-10)8-7-12(15)19/h2-4,10,17H,5-8H2,1H3,(H2,15,19). The van der Waals surface area contributed by atoms with E-state index in [4.69, 9.17) is 18.0 Å². The number of nitrogens with zero attached hydrogens (tertiary/aromatic N) is 1. The Morgan fingerprint density at radius 2 is 2.21 bits per heavy atom. The van der Waals surface area contributed by atoms with Crippen molar-refractivity contribution in [2.45, 2.75) is 32.2 Å². The summed E-state index contributed by atoms with van der Waals surface area (Å²) in [6.45, 7) is 2.30. The number of nitrogens with two attached hydrogens (primary N) is 1. The maximum absolute atomic E-state index is 12.5. The summed E-state index contributed by atoms with van der Waals surface area (Å²) in [5, 5.41) is 10.00. The van der Waals surface area contributed by atoms with Crippen molar-refractivity contribution in [3.8, 4) is 5.75 Å². The molecule has 1 aliphatic rings. The third kappa shape index (κ3) is 3.23. The summed E-state index contributed by atoms with van der Waals surface area (Å²) in [4.78, 5) is 14.7. The first-order valence-electron chi connectivity index (χ1n) is 6.38. The summed E-state index contributed by atoms with van der Waals surface area (Å²) >= 11 is 4.86. The molecule has 0 spiro atoms. The number of carbonyl (C=O) groups excluding carboxylic acids is 1. The largest absolute Gasteiger partial charge is 0.507 e. The average molecular weight is 278 g/mol. The van der Waals surface area contributed by atoms with Crippen LogP contribution in [0.1, 0.15) is 35.2 Å². The fourth-order valence-electron chi connectivity index (χ4n) is 2.05. The molecule has 0 saturated heterocycles. The molecule has 2 rings (SSSR count). The van der Waals surface area contributed by atoms with E-state index in [1.165, 1.54) is 0 Å². The third-order valence-electron chi connectivity index (χ3n) is 3.32. The Balaban J connectivity index is 2.19. The SMILES string of the molecule is Cc1cccc(C(=O)N(CCC(N)=S)C2CC2)c1O. The van der Waals surface area contributed by atoms with Gasteiger partial charge in [-0.25, -0.2) is 0 Å². The summed E-state index contributed by atoms with van der Waals surface area (Å²) in [7, 11) is 0. The van der Waals surface area contributed by atoms with E-state index < -0.39 is 0 Å². The molecule has 4 nitrogen and oxygen atoms in total. The Morgan fingerprint density at radius 1 is 1.53 bits per heavy atom. The Kier molecular flexibility index (Phi) is 4.04. The zero-order chi connectivity index (χ0) is 14.0. The molecule has 0 radical (unpaired) electrons. The number of carbonyl (C=O) groups is 1. The van der Waals surface area contributed by atoms with Crippen LogP contribution in [0, 0.1) is 6.92 Å². The summed E-state index contributed by atoms with van der Waals surface area (Å²) in [5.74, 6) is -0.0755. The number of aromatic hydroxyl groups is 1. The Bertz CT molecular complexity index is 512. The van der Waals surface area contributed by atoms with Gasteiger partial charge in [-0.3, -0.25) is 4.79 Å². The summed E-state index contributed by atoms with van der Waals surface area (Å²) in [6.07, 6.45) is 2.54. The highest BCUT2D eigenvalue weighted by Crippen LogP contribution is 2.31. The van der Waals surface area contributed by atoms with E-state index >= 15 is 0 Å². The number of aryl methyl sites for hydroxylation is 1. The van der Waals surface area contributed by atoms with E-state index in [0.717, 1.165) is 12.8 Å². The van der Waals surface area contributed by atoms with Crippen molar-refractivity contribution < 1.29 is 9.90 Å². The lowest BCUT2D eigenvalue weighted by molar-refractivity contribution is 0.0745. The van der Waals surface area contributed by atoms with Crippen LogP contribution < -0.4 is 5.73 Å². The van der Waals surface area contributed by atoms with Crippen LogP contribution in [-0.4, -0.2) is 33.5 Å². The van der Waals surface area contributed by atoms with Gasteiger partial charge in [-0.15, -0.1) is 0 Å². The topological polar surface area (TPSA) is 66.6 Å². The number of amides is 1. The second-order valence-corrected chi connectivity index (χ2v) is 5.44. The monoisotopic (exact) mass is 278 g/mol. The molecule has 3 N–H and O–H groups in total. The van der Waals surface area contributed by atoms with Crippen LogP contribution in [-0.2, 0) is 0 Å². The van der Waals surface area contributed by atoms with Gasteiger partial charge in [0.2, 0.25) is 0 Å². The predicted octanol–water partition coefficient (Wildman–Crippen LogP) is 1.98. The van der Waals surface area contributed by atoms with Crippen LogP contribution >= 0.6 is 12.2 Å². The molecule has 1 fully saturated rings. The molecule has 5 heteroatoms. The van der Waals surface area contributed by atoms with Crippen LogP contribution in [0.2, 0.25) is 0 Å². The molecular weight excluding hydrogens is 260 g/mol. The third-order valence-corrected chi connectivity index (χ3v) is 3.52. The fourth-order valence-corrected chi connectivity index (χ4v) is 2.14. The van der Waals surface area contributed by atoms with Gasteiger partial charge in [0.1, 0.15) is 5.75 Å². The van der Waals surface area contributed by atoms with E-state index in [1.807, 2.05) is 0 Å². The highest BCUT2D eigenvalue weighted by atomic mass is 32.1. The lowest BCUT2D eigenvalue weighted by Crippen LogP contribution is -2.35. The van der Waals surface area contributed by atoms with Crippen molar-refractivity contribution in [2.75, 3.05) is 6.54 Å². The number of rotatable bonds is 5. The summed E-state index contributed by atoms with van der Waals surface area (Å²) < 4.78 is 0. The molecule has 0 atom stereocenters. The Morgan fingerprint density at radius 3 is 2.79 bits per heavy atom. The number of benzene rings is 1. The van der Waals surface area contributed by atoms with Gasteiger partial charge in [-0.2, -0.15) is 0 Å². The number of para-hydroxylation sites is 1. The lowest BCUT2D eigenvalue weighted by atomic mass is 10.1. The Labute approximate surface area is 118 Å². The minimum absolute atomic E-state index is 0.0634. The van der Waals surface area contributed by atoms with Crippen molar-refractivity contribution >= 4 is 23.1 Å². The van der Waals surface area contributed by atoms with Gasteiger partial charge in [0, 0.05) is 19.0 Å². The molecule has 0 heterocycles. The van der Waals surface area contributed by atoms with E-state index in [2.05, 4.69) is 0 Å². The minimum atomic E-state index is -0.139. The quantitative estimate of drug-likeness (QED) is 0.808. The van der Waals surface area contributed by atoms with Gasteiger partial charge in [0.25, 0.3) is 5.91 Å². The van der Waals surface area contributed by atoms with Crippen molar-refractivity contribution in [1.29, 1.82) is 0 Å². The molecule has 19 heavy (non-hydrogen) atoms. The van der Waals surface area contributed by atoms with E-state index in [9.17, 15) is 9.90 Å². The van der Waals surface area contributed by atoms with Crippen LogP contribution in [0.15, 0.2) is 18.2 Å². The number of phenols is 1. The molecule has 0 unspecified atom stereocenters. The highest BCUT2D eigenvalue weighted by Gasteiger charge is 2.33. The zero-order valence-corrected chi connectivity index (χ0v) is 11.7. The number of thiocarbonyl (C=S) groups is 1. The normalized spacial score (nSPS) is 14.2. The first-order valence-corrected chi connectivity index (χ1v) is 6.79. The first kappa shape index (κ1) is 13.8. The maximum Gasteiger partial charge on any atom is 0.257 e. The predicted molar refractivity (Wildman–Crippen MR) is 78.3 cm³/mol. The van der Waals surface area contributed by atoms with Gasteiger partial charge in [-0.05, 0) is 31.4 Å². The molecular formula is C14H18N2O2S. The fraction of sp³-hybridized carbons (Fsp3) is 0.429. The second-order valence-electron chi connectivity index (χ2n) is 4.92. The van der Waals surface area contributed by atoms with Gasteiger partial charge in [0.05, 0.1) is 10.6 Å². The molecule has 1 aliphatic carbocycles. The number of hydrogen-bond acceptors (Lipinski definition) is 3. The smallest absolute Gasteiger partial charge is 0.257 e. The van der Waals surface area contributed by atoms with Gasteiger partial charge in [-0.1, -0.05) is 24.4 Å². The lowest BCUT2D eigenvalue weighted by Gasteiger charge is -2.23. The highest BCUT2D eigenvalue weighted by molar-refractivity contribution is 7.80. The molecule has 0 aromatic heterocycles. The first-order chi connectivity index (χ1) is 9.00. The van der Waals surface area contributed by atoms with Crippen molar-refractivity contribution in [3.63, 3.8) is 0 Å². The van der Waals surface area contributed by atoms with Crippen molar-refractivity contribution in [1.82, 2.24) is 4.90 Å². The summed E-state index contributed by atoms with van der Waals surface area (Å²) in [5.41, 5.74) is 6.56. The van der Waals surface area contributed by atoms with Crippen LogP contribution in [0.5, 0.6) is 5.75 Å². The minimum Gasteiger partial charge on any atom is -0.507 e. The van der Waals surface area contributed by atoms with Crippen molar-refractivity contribution in [2.24, 2.45) is 5.73 Å².